The van der Waals surface area contributed by atoms with Crippen LogP contribution in [0.4, 0.5) is 17.1 Å². The van der Waals surface area contributed by atoms with Crippen LogP contribution in [0, 0.1) is 0 Å². The molecule has 1 aliphatic heterocycles. The van der Waals surface area contributed by atoms with E-state index in [1.54, 1.807) is 0 Å². The lowest BCUT2D eigenvalue weighted by atomic mass is 9.74. The summed E-state index contributed by atoms with van der Waals surface area (Å²) in [6, 6.07) is 64.4. The minimum atomic E-state index is -0.292. The fraction of sp³-hybridized carbons (Fsp3) is 0.0612. The lowest BCUT2D eigenvalue weighted by Crippen LogP contribution is -2.27. The standard InChI is InChI=1S/C49H35N3/c1-49(2)40-30-35(50(33-18-5-3-6-19-33)42-27-15-17-32-16-9-10-22-36(32)42)28-29-45(40)52-44-26-14-12-24-38(44)46-47-39(31-41(49)48(46)52)37-23-11-13-25-43(37)51(47)34-20-7-4-8-21-34/h3-31H,1-2H3. The van der Waals surface area contributed by atoms with Gasteiger partial charge >= 0.3 is 0 Å². The topological polar surface area (TPSA) is 13.1 Å². The maximum absolute atomic E-state index is 2.54. The van der Waals surface area contributed by atoms with Crippen LogP contribution in [0.3, 0.4) is 0 Å². The summed E-state index contributed by atoms with van der Waals surface area (Å²) in [5, 5.41) is 7.61. The smallest absolute Gasteiger partial charge is 0.0641 e. The molecule has 10 aromatic rings. The van der Waals surface area contributed by atoms with Gasteiger partial charge in [-0.15, -0.1) is 0 Å². The molecule has 0 aliphatic carbocycles. The van der Waals surface area contributed by atoms with Gasteiger partial charge in [0, 0.05) is 49.4 Å². The molecule has 2 aromatic heterocycles. The quantitative estimate of drug-likeness (QED) is 0.182. The molecule has 0 bridgehead atoms. The van der Waals surface area contributed by atoms with Crippen molar-refractivity contribution in [2.75, 3.05) is 4.90 Å². The molecule has 0 atom stereocenters. The van der Waals surface area contributed by atoms with Crippen molar-refractivity contribution in [1.29, 1.82) is 0 Å². The summed E-state index contributed by atoms with van der Waals surface area (Å²) in [4.78, 5) is 2.42. The lowest BCUT2D eigenvalue weighted by Gasteiger charge is -2.36. The van der Waals surface area contributed by atoms with Gasteiger partial charge in [0.15, 0.2) is 0 Å². The van der Waals surface area contributed by atoms with Gasteiger partial charge in [-0.1, -0.05) is 123 Å². The lowest BCUT2D eigenvalue weighted by molar-refractivity contribution is 0.631. The second-order valence-electron chi connectivity index (χ2n) is 14.6. The number of benzene rings is 8. The zero-order valence-corrected chi connectivity index (χ0v) is 29.1. The summed E-state index contributed by atoms with van der Waals surface area (Å²) in [5.41, 5.74) is 13.3. The molecule has 0 radical (unpaired) electrons. The summed E-state index contributed by atoms with van der Waals surface area (Å²) in [7, 11) is 0. The van der Waals surface area contributed by atoms with Crippen LogP contribution >= 0.6 is 0 Å². The van der Waals surface area contributed by atoms with Crippen LogP contribution in [-0.4, -0.2) is 9.13 Å². The molecule has 0 N–H and O–H groups in total. The van der Waals surface area contributed by atoms with Crippen LogP contribution in [0.2, 0.25) is 0 Å². The van der Waals surface area contributed by atoms with Crippen molar-refractivity contribution in [2.24, 2.45) is 0 Å². The van der Waals surface area contributed by atoms with Crippen LogP contribution in [0.25, 0.3) is 65.8 Å². The molecule has 8 aromatic carbocycles. The highest BCUT2D eigenvalue weighted by atomic mass is 15.1. The highest BCUT2D eigenvalue weighted by Gasteiger charge is 2.37. The molecule has 3 nitrogen and oxygen atoms in total. The summed E-state index contributed by atoms with van der Waals surface area (Å²) in [6.45, 7) is 4.83. The molecule has 11 rings (SSSR count). The molecular formula is C49H35N3. The number of aromatic nitrogens is 2. The Bertz CT molecular complexity index is 3030. The van der Waals surface area contributed by atoms with Crippen LogP contribution in [0.15, 0.2) is 176 Å². The first-order chi connectivity index (χ1) is 25.6. The van der Waals surface area contributed by atoms with E-state index in [-0.39, 0.29) is 5.41 Å². The Hall–Kier alpha value is -6.58. The first-order valence-electron chi connectivity index (χ1n) is 18.1. The number of nitrogens with zero attached hydrogens (tertiary/aromatic N) is 3. The molecule has 52 heavy (non-hydrogen) atoms. The van der Waals surface area contributed by atoms with Crippen molar-refractivity contribution < 1.29 is 0 Å². The molecule has 3 heteroatoms. The van der Waals surface area contributed by atoms with E-state index in [4.69, 9.17) is 0 Å². The Morgan fingerprint density at radius 3 is 1.87 bits per heavy atom. The number of rotatable bonds is 4. The second-order valence-corrected chi connectivity index (χ2v) is 14.6. The van der Waals surface area contributed by atoms with Crippen LogP contribution < -0.4 is 4.90 Å². The fourth-order valence-corrected chi connectivity index (χ4v) is 9.09. The molecule has 246 valence electrons. The Morgan fingerprint density at radius 2 is 1.08 bits per heavy atom. The maximum Gasteiger partial charge on any atom is 0.0641 e. The largest absolute Gasteiger partial charge is 0.310 e. The maximum atomic E-state index is 2.54. The number of fused-ring (bicyclic) bond motifs is 10. The molecule has 0 fully saturated rings. The minimum absolute atomic E-state index is 0.292. The van der Waals surface area contributed by atoms with E-state index in [2.05, 4.69) is 204 Å². The van der Waals surface area contributed by atoms with E-state index in [1.807, 2.05) is 0 Å². The van der Waals surface area contributed by atoms with Gasteiger partial charge in [-0.3, -0.25) is 0 Å². The van der Waals surface area contributed by atoms with Crippen molar-refractivity contribution in [3.8, 4) is 11.4 Å². The monoisotopic (exact) mass is 665 g/mol. The third-order valence-electron chi connectivity index (χ3n) is 11.4. The van der Waals surface area contributed by atoms with Gasteiger partial charge < -0.3 is 14.0 Å². The Balaban J connectivity index is 1.25. The van der Waals surface area contributed by atoms with Crippen LogP contribution in [-0.2, 0) is 5.41 Å². The third-order valence-corrected chi connectivity index (χ3v) is 11.4. The molecule has 3 heterocycles. The van der Waals surface area contributed by atoms with E-state index in [1.165, 1.54) is 82.6 Å². The van der Waals surface area contributed by atoms with Gasteiger partial charge in [0.1, 0.15) is 0 Å². The highest BCUT2D eigenvalue weighted by molar-refractivity contribution is 6.27. The Labute approximate surface area is 302 Å². The number of hydrogen-bond acceptors (Lipinski definition) is 1. The number of para-hydroxylation sites is 4. The normalized spacial score (nSPS) is 13.3. The van der Waals surface area contributed by atoms with E-state index < -0.39 is 0 Å². The number of anilines is 3. The third kappa shape index (κ3) is 3.91. The van der Waals surface area contributed by atoms with Gasteiger partial charge in [0.25, 0.3) is 0 Å². The van der Waals surface area contributed by atoms with E-state index in [9.17, 15) is 0 Å². The predicted octanol–water partition coefficient (Wildman–Crippen LogP) is 13.1. The van der Waals surface area contributed by atoms with Gasteiger partial charge in [-0.25, -0.2) is 0 Å². The van der Waals surface area contributed by atoms with Gasteiger partial charge in [0.05, 0.1) is 33.4 Å². The molecule has 0 unspecified atom stereocenters. The van der Waals surface area contributed by atoms with Gasteiger partial charge in [-0.05, 0) is 83.2 Å². The summed E-state index contributed by atoms with van der Waals surface area (Å²) >= 11 is 0. The van der Waals surface area contributed by atoms with E-state index in [0.717, 1.165) is 11.4 Å². The first-order valence-corrected chi connectivity index (χ1v) is 18.1. The van der Waals surface area contributed by atoms with Crippen molar-refractivity contribution in [2.45, 2.75) is 19.3 Å². The average molecular weight is 666 g/mol. The second kappa shape index (κ2) is 10.7. The van der Waals surface area contributed by atoms with Crippen molar-refractivity contribution in [1.82, 2.24) is 9.13 Å². The highest BCUT2D eigenvalue weighted by Crippen LogP contribution is 2.53. The zero-order chi connectivity index (χ0) is 34.6. The first kappa shape index (κ1) is 29.2. The minimum Gasteiger partial charge on any atom is -0.310 e. The SMILES string of the molecule is CC1(C)c2cc(N(c3ccccc3)c3cccc4ccccc34)ccc2-n2c3ccccc3c3c2c1cc1c2ccccc2n(-c2ccccc2)c13. The van der Waals surface area contributed by atoms with Crippen LogP contribution in [0.5, 0.6) is 0 Å². The summed E-state index contributed by atoms with van der Waals surface area (Å²) < 4.78 is 5.02. The summed E-state index contributed by atoms with van der Waals surface area (Å²) in [5.74, 6) is 0. The number of hydrogen-bond donors (Lipinski definition) is 0. The van der Waals surface area contributed by atoms with Crippen molar-refractivity contribution in [3.63, 3.8) is 0 Å². The van der Waals surface area contributed by atoms with Gasteiger partial charge in [-0.2, -0.15) is 0 Å². The summed E-state index contributed by atoms with van der Waals surface area (Å²) in [6.07, 6.45) is 0. The zero-order valence-electron chi connectivity index (χ0n) is 29.1. The van der Waals surface area contributed by atoms with Crippen LogP contribution in [0.1, 0.15) is 25.0 Å². The molecule has 0 spiro atoms. The van der Waals surface area contributed by atoms with E-state index >= 15 is 0 Å². The molecule has 0 saturated heterocycles. The Morgan fingerprint density at radius 1 is 0.442 bits per heavy atom. The predicted molar refractivity (Wildman–Crippen MR) is 219 cm³/mol. The molecule has 1 aliphatic rings. The van der Waals surface area contributed by atoms with E-state index in [0.29, 0.717) is 0 Å². The fourth-order valence-electron chi connectivity index (χ4n) is 9.09. The average Bonchev–Trinajstić information content (AvgIpc) is 3.71. The van der Waals surface area contributed by atoms with Crippen molar-refractivity contribution >= 4 is 71.4 Å². The van der Waals surface area contributed by atoms with Gasteiger partial charge in [0.2, 0.25) is 0 Å². The Kier molecular flexibility index (Phi) is 6.01. The molecule has 0 saturated carbocycles. The van der Waals surface area contributed by atoms with Crippen molar-refractivity contribution in [3.05, 3.63) is 187 Å². The molecular weight excluding hydrogens is 631 g/mol. The molecule has 0 amide bonds.